The first-order chi connectivity index (χ1) is 8.95. The number of carbonyl (C=O) groups excluding carboxylic acids is 1. The van der Waals surface area contributed by atoms with Gasteiger partial charge in [0.05, 0.1) is 12.6 Å². The number of anilines is 2. The number of nitrogens with two attached hydrogens (primary N) is 1. The van der Waals surface area contributed by atoms with Gasteiger partial charge in [-0.1, -0.05) is 6.07 Å². The van der Waals surface area contributed by atoms with Crippen molar-refractivity contribution in [1.29, 1.82) is 0 Å². The molecule has 1 unspecified atom stereocenters. The Kier molecular flexibility index (Phi) is 5.79. The van der Waals surface area contributed by atoms with Crippen LogP contribution in [0.3, 0.4) is 0 Å². The monoisotopic (exact) mass is 265 g/mol. The van der Waals surface area contributed by atoms with Gasteiger partial charge in [0.1, 0.15) is 0 Å². The highest BCUT2D eigenvalue weighted by Crippen LogP contribution is 2.13. The molecule has 0 spiro atoms. The molecule has 0 heterocycles. The molecule has 5 nitrogen and oxygen atoms in total. The Morgan fingerprint density at radius 1 is 1.42 bits per heavy atom. The first-order valence-electron chi connectivity index (χ1n) is 6.48. The Bertz CT molecular complexity index is 421. The van der Waals surface area contributed by atoms with Gasteiger partial charge >= 0.3 is 0 Å². The maximum atomic E-state index is 12.2. The summed E-state index contributed by atoms with van der Waals surface area (Å²) in [5, 5.41) is 11.9. The number of nitrogens with zero attached hydrogens (tertiary/aromatic N) is 1. The molecule has 0 aliphatic heterocycles. The van der Waals surface area contributed by atoms with Crippen molar-refractivity contribution in [3.63, 3.8) is 0 Å². The van der Waals surface area contributed by atoms with Gasteiger partial charge in [-0.05, 0) is 39.0 Å². The lowest BCUT2D eigenvalue weighted by atomic mass is 10.2. The van der Waals surface area contributed by atoms with E-state index in [9.17, 15) is 4.79 Å². The molecule has 1 rings (SSSR count). The van der Waals surface area contributed by atoms with E-state index >= 15 is 0 Å². The van der Waals surface area contributed by atoms with Crippen LogP contribution >= 0.6 is 0 Å². The summed E-state index contributed by atoms with van der Waals surface area (Å²) >= 11 is 0. The minimum atomic E-state index is -0.311. The van der Waals surface area contributed by atoms with E-state index in [0.717, 1.165) is 0 Å². The number of amides is 1. The number of hydrogen-bond donors (Lipinski definition) is 3. The molecule has 106 valence electrons. The van der Waals surface area contributed by atoms with E-state index in [2.05, 4.69) is 5.32 Å². The van der Waals surface area contributed by atoms with Crippen LogP contribution in [0.2, 0.25) is 0 Å². The SMILES string of the molecule is CC(C)N(CCO)C(C)C(=O)Nc1cccc(N)c1. The highest BCUT2D eigenvalue weighted by molar-refractivity contribution is 5.94. The number of aliphatic hydroxyl groups excluding tert-OH is 1. The van der Waals surface area contributed by atoms with Crippen LogP contribution in [0, 0.1) is 0 Å². The molecule has 0 saturated carbocycles. The summed E-state index contributed by atoms with van der Waals surface area (Å²) in [5.74, 6) is -0.104. The van der Waals surface area contributed by atoms with Crippen molar-refractivity contribution in [2.24, 2.45) is 0 Å². The van der Waals surface area contributed by atoms with E-state index < -0.39 is 0 Å². The van der Waals surface area contributed by atoms with Crippen molar-refractivity contribution >= 4 is 17.3 Å². The van der Waals surface area contributed by atoms with Gasteiger partial charge in [0.15, 0.2) is 0 Å². The molecule has 0 fully saturated rings. The van der Waals surface area contributed by atoms with Crippen LogP contribution in [0.1, 0.15) is 20.8 Å². The van der Waals surface area contributed by atoms with Crippen molar-refractivity contribution < 1.29 is 9.90 Å². The fourth-order valence-electron chi connectivity index (χ4n) is 2.03. The van der Waals surface area contributed by atoms with Gasteiger partial charge in [-0.3, -0.25) is 9.69 Å². The lowest BCUT2D eigenvalue weighted by Gasteiger charge is -2.31. The summed E-state index contributed by atoms with van der Waals surface area (Å²) in [4.78, 5) is 14.1. The first kappa shape index (κ1) is 15.5. The summed E-state index contributed by atoms with van der Waals surface area (Å²) in [6.45, 7) is 6.34. The van der Waals surface area contributed by atoms with Gasteiger partial charge < -0.3 is 16.2 Å². The molecule has 1 aromatic carbocycles. The smallest absolute Gasteiger partial charge is 0.241 e. The number of nitrogen functional groups attached to an aromatic ring is 1. The lowest BCUT2D eigenvalue weighted by molar-refractivity contribution is -0.121. The molecule has 1 atom stereocenters. The normalized spacial score (nSPS) is 12.7. The van der Waals surface area contributed by atoms with Gasteiger partial charge in [-0.2, -0.15) is 0 Å². The second-order valence-corrected chi connectivity index (χ2v) is 4.85. The molecular formula is C14H23N3O2. The zero-order chi connectivity index (χ0) is 14.4. The average Bonchev–Trinajstić information content (AvgIpc) is 2.34. The second-order valence-electron chi connectivity index (χ2n) is 4.85. The summed E-state index contributed by atoms with van der Waals surface area (Å²) in [7, 11) is 0. The van der Waals surface area contributed by atoms with Crippen LogP contribution in [-0.4, -0.2) is 41.1 Å². The average molecular weight is 265 g/mol. The Hall–Kier alpha value is -1.59. The highest BCUT2D eigenvalue weighted by atomic mass is 16.3. The highest BCUT2D eigenvalue weighted by Gasteiger charge is 2.23. The number of carbonyl (C=O) groups is 1. The van der Waals surface area contributed by atoms with E-state index in [-0.39, 0.29) is 24.6 Å². The van der Waals surface area contributed by atoms with Crippen LogP contribution in [0.5, 0.6) is 0 Å². The van der Waals surface area contributed by atoms with E-state index in [4.69, 9.17) is 10.8 Å². The third kappa shape index (κ3) is 4.54. The standard InChI is InChI=1S/C14H23N3O2/c1-10(2)17(7-8-18)11(3)14(19)16-13-6-4-5-12(15)9-13/h4-6,9-11,18H,7-8,15H2,1-3H3,(H,16,19). The fourth-order valence-corrected chi connectivity index (χ4v) is 2.03. The quantitative estimate of drug-likeness (QED) is 0.677. The van der Waals surface area contributed by atoms with Gasteiger partial charge in [0.2, 0.25) is 5.91 Å². The maximum absolute atomic E-state index is 12.2. The van der Waals surface area contributed by atoms with Crippen molar-refractivity contribution in [3.8, 4) is 0 Å². The van der Waals surface area contributed by atoms with Crippen molar-refractivity contribution in [2.75, 3.05) is 24.2 Å². The van der Waals surface area contributed by atoms with Crippen LogP contribution in [0.15, 0.2) is 24.3 Å². The maximum Gasteiger partial charge on any atom is 0.241 e. The summed E-state index contributed by atoms with van der Waals surface area (Å²) in [5.41, 5.74) is 6.97. The molecule has 1 amide bonds. The van der Waals surface area contributed by atoms with E-state index in [1.54, 1.807) is 24.3 Å². The third-order valence-corrected chi connectivity index (χ3v) is 3.05. The predicted octanol–water partition coefficient (Wildman–Crippen LogP) is 1.30. The van der Waals surface area contributed by atoms with E-state index in [1.807, 2.05) is 25.7 Å². The molecular weight excluding hydrogens is 242 g/mol. The summed E-state index contributed by atoms with van der Waals surface area (Å²) in [6.07, 6.45) is 0. The van der Waals surface area contributed by atoms with Crippen LogP contribution in [0.4, 0.5) is 11.4 Å². The number of hydrogen-bond acceptors (Lipinski definition) is 4. The topological polar surface area (TPSA) is 78.6 Å². The number of benzene rings is 1. The Morgan fingerprint density at radius 3 is 2.63 bits per heavy atom. The van der Waals surface area contributed by atoms with Gasteiger partial charge in [0.25, 0.3) is 0 Å². The van der Waals surface area contributed by atoms with Crippen molar-refractivity contribution in [2.45, 2.75) is 32.9 Å². The number of nitrogens with one attached hydrogen (secondary N) is 1. The zero-order valence-corrected chi connectivity index (χ0v) is 11.8. The zero-order valence-electron chi connectivity index (χ0n) is 11.8. The summed E-state index contributed by atoms with van der Waals surface area (Å²) in [6, 6.07) is 6.96. The van der Waals surface area contributed by atoms with Gasteiger partial charge in [0, 0.05) is 24.0 Å². The molecule has 0 aromatic heterocycles. The molecule has 0 saturated heterocycles. The predicted molar refractivity (Wildman–Crippen MR) is 77.9 cm³/mol. The minimum absolute atomic E-state index is 0.0358. The Balaban J connectivity index is 2.70. The molecule has 0 aliphatic rings. The van der Waals surface area contributed by atoms with E-state index in [0.29, 0.717) is 17.9 Å². The van der Waals surface area contributed by atoms with Crippen molar-refractivity contribution in [1.82, 2.24) is 4.90 Å². The Morgan fingerprint density at radius 2 is 2.11 bits per heavy atom. The third-order valence-electron chi connectivity index (χ3n) is 3.05. The second kappa shape index (κ2) is 7.11. The van der Waals surface area contributed by atoms with E-state index in [1.165, 1.54) is 0 Å². The molecule has 5 heteroatoms. The largest absolute Gasteiger partial charge is 0.399 e. The molecule has 19 heavy (non-hydrogen) atoms. The van der Waals surface area contributed by atoms with Crippen LogP contribution < -0.4 is 11.1 Å². The number of aliphatic hydroxyl groups is 1. The van der Waals surface area contributed by atoms with Gasteiger partial charge in [-0.25, -0.2) is 0 Å². The Labute approximate surface area is 114 Å². The minimum Gasteiger partial charge on any atom is -0.399 e. The molecule has 0 bridgehead atoms. The van der Waals surface area contributed by atoms with Crippen molar-refractivity contribution in [3.05, 3.63) is 24.3 Å². The molecule has 0 aliphatic carbocycles. The molecule has 0 radical (unpaired) electrons. The van der Waals surface area contributed by atoms with Gasteiger partial charge in [-0.15, -0.1) is 0 Å². The summed E-state index contributed by atoms with van der Waals surface area (Å²) < 4.78 is 0. The van der Waals surface area contributed by atoms with Crippen LogP contribution in [0.25, 0.3) is 0 Å². The fraction of sp³-hybridized carbons (Fsp3) is 0.500. The first-order valence-corrected chi connectivity index (χ1v) is 6.48. The van der Waals surface area contributed by atoms with Crippen LogP contribution in [-0.2, 0) is 4.79 Å². The lowest BCUT2D eigenvalue weighted by Crippen LogP contribution is -2.47. The number of rotatable bonds is 6. The molecule has 1 aromatic rings. The molecule has 4 N–H and O–H groups in total.